The number of ether oxygens (including phenoxy) is 1. The Kier molecular flexibility index (Phi) is 5.85. The summed E-state index contributed by atoms with van der Waals surface area (Å²) in [5.41, 5.74) is 4.25. The van der Waals surface area contributed by atoms with Gasteiger partial charge in [-0.2, -0.15) is 0 Å². The average Bonchev–Trinajstić information content (AvgIpc) is 2.64. The number of nitrogens with one attached hydrogen (secondary N) is 3. The first-order chi connectivity index (χ1) is 12.9. The van der Waals surface area contributed by atoms with Crippen LogP contribution >= 0.6 is 0 Å². The molecule has 1 saturated heterocycles. The summed E-state index contributed by atoms with van der Waals surface area (Å²) in [6, 6.07) is 5.82. The van der Waals surface area contributed by atoms with E-state index in [9.17, 15) is 9.59 Å². The van der Waals surface area contributed by atoms with Crippen LogP contribution in [0.3, 0.4) is 0 Å². The molecule has 3 atom stereocenters. The summed E-state index contributed by atoms with van der Waals surface area (Å²) in [6.45, 7) is 7.91. The molecule has 146 valence electrons. The lowest BCUT2D eigenvalue weighted by Gasteiger charge is -2.34. The van der Waals surface area contributed by atoms with Crippen LogP contribution in [0.1, 0.15) is 48.9 Å². The van der Waals surface area contributed by atoms with Crippen molar-refractivity contribution in [3.63, 3.8) is 0 Å². The number of hydrogen-bond acceptors (Lipinski definition) is 3. The van der Waals surface area contributed by atoms with E-state index in [-0.39, 0.29) is 6.03 Å². The topological polar surface area (TPSA) is 71.9 Å². The second-order valence-electron chi connectivity index (χ2n) is 7.76. The molecule has 3 N–H and O–H groups in total. The molecular weight excluding hydrogens is 342 g/mol. The second kappa shape index (κ2) is 8.13. The highest BCUT2D eigenvalue weighted by atomic mass is 16.5. The molecule has 0 spiro atoms. The number of amides is 2. The normalized spacial score (nSPS) is 25.6. The Bertz CT molecular complexity index is 772. The minimum Gasteiger partial charge on any atom is -0.466 e. The van der Waals surface area contributed by atoms with Gasteiger partial charge in [0.05, 0.1) is 37.0 Å². The fourth-order valence-corrected chi connectivity index (χ4v) is 4.16. The zero-order valence-corrected chi connectivity index (χ0v) is 16.6. The number of aryl methyl sites for hydroxylation is 2. The zero-order chi connectivity index (χ0) is 19.6. The van der Waals surface area contributed by atoms with Gasteiger partial charge in [0, 0.05) is 0 Å². The summed E-state index contributed by atoms with van der Waals surface area (Å²) >= 11 is 0. The van der Waals surface area contributed by atoms with E-state index in [0.29, 0.717) is 23.9 Å². The van der Waals surface area contributed by atoms with Crippen molar-refractivity contribution in [1.29, 1.82) is 0 Å². The third kappa shape index (κ3) is 4.16. The number of piperidine rings is 1. The summed E-state index contributed by atoms with van der Waals surface area (Å²) in [5, 5.41) is 5.82. The van der Waals surface area contributed by atoms with Crippen LogP contribution in [0.25, 0.3) is 0 Å². The molecule has 2 heterocycles. The molecule has 6 heteroatoms. The number of quaternary nitrogens is 1. The summed E-state index contributed by atoms with van der Waals surface area (Å²) in [6.07, 6.45) is 3.59. The standard InChI is InChI=1S/C21H29N3O3/c1-13-8-9-14(2)16(11-13)19-18(20(25)27-4)17(22-21(26)23-19)12-24-10-6-5-7-15(24)3/h8-9,11,15,19H,5-7,10,12H2,1-4H3,(H2,22,23,26)/p+1/t15-,19-/m0/s1. The SMILES string of the molecule is COC(=O)C1=C(C[NH+]2CCCC[C@@H]2C)NC(=O)N[C@H]1c1cc(C)ccc1C. The Balaban J connectivity index is 2.04. The average molecular weight is 372 g/mol. The number of likely N-dealkylation sites (tertiary alicyclic amines) is 1. The lowest BCUT2D eigenvalue weighted by molar-refractivity contribution is -0.924. The fraction of sp³-hybridized carbons (Fsp3) is 0.524. The van der Waals surface area contributed by atoms with Crippen LogP contribution in [0.15, 0.2) is 29.5 Å². The van der Waals surface area contributed by atoms with E-state index in [4.69, 9.17) is 4.74 Å². The third-order valence-electron chi connectivity index (χ3n) is 5.79. The van der Waals surface area contributed by atoms with E-state index in [1.807, 2.05) is 32.0 Å². The maximum Gasteiger partial charge on any atom is 0.338 e. The summed E-state index contributed by atoms with van der Waals surface area (Å²) in [7, 11) is 1.39. The van der Waals surface area contributed by atoms with Gasteiger partial charge in [-0.1, -0.05) is 23.8 Å². The Morgan fingerprint density at radius 3 is 2.78 bits per heavy atom. The molecule has 0 radical (unpaired) electrons. The molecule has 1 fully saturated rings. The number of methoxy groups -OCH3 is 1. The Morgan fingerprint density at radius 2 is 2.07 bits per heavy atom. The molecule has 2 amide bonds. The lowest BCUT2D eigenvalue weighted by Crippen LogP contribution is -3.16. The first-order valence-electron chi connectivity index (χ1n) is 9.71. The number of benzene rings is 1. The minimum atomic E-state index is -0.499. The molecule has 0 aromatic heterocycles. The van der Waals surface area contributed by atoms with Gasteiger partial charge < -0.3 is 20.3 Å². The van der Waals surface area contributed by atoms with Crippen LogP contribution in [0.5, 0.6) is 0 Å². The quantitative estimate of drug-likeness (QED) is 0.702. The van der Waals surface area contributed by atoms with Gasteiger partial charge in [0.1, 0.15) is 6.54 Å². The molecule has 1 aromatic rings. The molecule has 0 bridgehead atoms. The Morgan fingerprint density at radius 1 is 1.30 bits per heavy atom. The van der Waals surface area contributed by atoms with Gasteiger partial charge in [-0.25, -0.2) is 9.59 Å². The first-order valence-corrected chi connectivity index (χ1v) is 9.71. The summed E-state index contributed by atoms with van der Waals surface area (Å²) < 4.78 is 5.10. The molecule has 2 aliphatic heterocycles. The first kappa shape index (κ1) is 19.4. The van der Waals surface area contributed by atoms with Crippen molar-refractivity contribution >= 4 is 12.0 Å². The van der Waals surface area contributed by atoms with Crippen molar-refractivity contribution in [3.05, 3.63) is 46.2 Å². The van der Waals surface area contributed by atoms with Crippen molar-refractivity contribution in [2.45, 2.75) is 52.1 Å². The highest BCUT2D eigenvalue weighted by molar-refractivity contribution is 5.95. The maximum atomic E-state index is 12.7. The van der Waals surface area contributed by atoms with Crippen LogP contribution in [0.4, 0.5) is 4.79 Å². The van der Waals surface area contributed by atoms with Crippen molar-refractivity contribution in [1.82, 2.24) is 10.6 Å². The second-order valence-corrected chi connectivity index (χ2v) is 7.76. The van der Waals surface area contributed by atoms with Gasteiger partial charge >= 0.3 is 12.0 Å². The number of carbonyl (C=O) groups excluding carboxylic acids is 2. The van der Waals surface area contributed by atoms with E-state index >= 15 is 0 Å². The molecule has 3 rings (SSSR count). The number of rotatable bonds is 4. The van der Waals surface area contributed by atoms with Crippen molar-refractivity contribution in [3.8, 4) is 0 Å². The molecule has 1 unspecified atom stereocenters. The van der Waals surface area contributed by atoms with E-state index in [1.165, 1.54) is 31.3 Å². The van der Waals surface area contributed by atoms with Crippen LogP contribution in [0.2, 0.25) is 0 Å². The monoisotopic (exact) mass is 372 g/mol. The number of carbonyl (C=O) groups is 2. The minimum absolute atomic E-state index is 0.271. The lowest BCUT2D eigenvalue weighted by atomic mass is 9.90. The van der Waals surface area contributed by atoms with Gasteiger partial charge in [0.25, 0.3) is 0 Å². The van der Waals surface area contributed by atoms with Gasteiger partial charge in [-0.05, 0) is 51.2 Å². The van der Waals surface area contributed by atoms with Gasteiger partial charge in [-0.15, -0.1) is 0 Å². The van der Waals surface area contributed by atoms with Crippen LogP contribution in [-0.2, 0) is 9.53 Å². The zero-order valence-electron chi connectivity index (χ0n) is 16.6. The molecule has 27 heavy (non-hydrogen) atoms. The Labute approximate surface area is 161 Å². The summed E-state index contributed by atoms with van der Waals surface area (Å²) in [4.78, 5) is 26.5. The summed E-state index contributed by atoms with van der Waals surface area (Å²) in [5.74, 6) is -0.396. The molecule has 0 aliphatic carbocycles. The smallest absolute Gasteiger partial charge is 0.338 e. The van der Waals surface area contributed by atoms with Gasteiger partial charge in [0.2, 0.25) is 0 Å². The molecular formula is C21H30N3O3+. The molecule has 1 aromatic carbocycles. The van der Waals surface area contributed by atoms with Gasteiger partial charge in [0.15, 0.2) is 0 Å². The maximum absolute atomic E-state index is 12.7. The van der Waals surface area contributed by atoms with Crippen molar-refractivity contribution in [2.24, 2.45) is 0 Å². The van der Waals surface area contributed by atoms with Crippen LogP contribution in [-0.4, -0.2) is 38.2 Å². The van der Waals surface area contributed by atoms with Gasteiger partial charge in [-0.3, -0.25) is 0 Å². The Hall–Kier alpha value is -2.34. The molecule has 0 saturated carbocycles. The highest BCUT2D eigenvalue weighted by Crippen LogP contribution is 2.30. The molecule has 6 nitrogen and oxygen atoms in total. The van der Waals surface area contributed by atoms with Crippen LogP contribution in [0, 0.1) is 13.8 Å². The molecule has 2 aliphatic rings. The predicted octanol–water partition coefficient (Wildman–Crippen LogP) is 1.54. The van der Waals surface area contributed by atoms with E-state index < -0.39 is 12.0 Å². The highest BCUT2D eigenvalue weighted by Gasteiger charge is 2.36. The van der Waals surface area contributed by atoms with E-state index in [2.05, 4.69) is 17.6 Å². The van der Waals surface area contributed by atoms with E-state index in [1.54, 1.807) is 0 Å². The van der Waals surface area contributed by atoms with Crippen molar-refractivity contribution < 1.29 is 19.2 Å². The third-order valence-corrected chi connectivity index (χ3v) is 5.79. The predicted molar refractivity (Wildman–Crippen MR) is 103 cm³/mol. The van der Waals surface area contributed by atoms with Crippen LogP contribution < -0.4 is 15.5 Å². The van der Waals surface area contributed by atoms with E-state index in [0.717, 1.165) is 23.2 Å². The number of esters is 1. The van der Waals surface area contributed by atoms with Crippen molar-refractivity contribution in [2.75, 3.05) is 20.2 Å². The largest absolute Gasteiger partial charge is 0.466 e. The number of hydrogen-bond donors (Lipinski definition) is 3. The fourth-order valence-electron chi connectivity index (χ4n) is 4.16. The number of urea groups is 1.